The van der Waals surface area contributed by atoms with E-state index in [2.05, 4.69) is 61.3 Å². The molecule has 106 valence electrons. The third-order valence-electron chi connectivity index (χ3n) is 4.55. The van der Waals surface area contributed by atoms with E-state index >= 15 is 0 Å². The Kier molecular flexibility index (Phi) is 3.77. The molecule has 0 aliphatic heterocycles. The molecule has 1 aliphatic rings. The Morgan fingerprint density at radius 2 is 1.90 bits per heavy atom. The molecule has 0 saturated heterocycles. The van der Waals surface area contributed by atoms with Crippen LogP contribution in [0.25, 0.3) is 10.8 Å². The van der Waals surface area contributed by atoms with E-state index in [0.29, 0.717) is 0 Å². The standard InChI is InChI=1S/C18H24N2/c1-13-10-15(13)11-20(2)12-18(19)17-9-5-7-14-6-3-4-8-16(14)17/h3-9,13,15,18H,10-12,19H2,1-2H3. The molecular formula is C18H24N2. The molecule has 3 unspecified atom stereocenters. The molecule has 1 saturated carbocycles. The molecule has 0 radical (unpaired) electrons. The van der Waals surface area contributed by atoms with Gasteiger partial charge in [-0.15, -0.1) is 0 Å². The van der Waals surface area contributed by atoms with Crippen LogP contribution in [0.1, 0.15) is 24.9 Å². The summed E-state index contributed by atoms with van der Waals surface area (Å²) in [6.07, 6.45) is 1.38. The Morgan fingerprint density at radius 1 is 1.20 bits per heavy atom. The van der Waals surface area contributed by atoms with E-state index in [4.69, 9.17) is 5.73 Å². The second-order valence-electron chi connectivity index (χ2n) is 6.37. The Bertz CT molecular complexity index is 587. The van der Waals surface area contributed by atoms with Crippen molar-refractivity contribution in [1.82, 2.24) is 4.90 Å². The molecule has 0 heterocycles. The van der Waals surface area contributed by atoms with E-state index in [0.717, 1.165) is 18.4 Å². The summed E-state index contributed by atoms with van der Waals surface area (Å²) in [6.45, 7) is 4.44. The van der Waals surface area contributed by atoms with E-state index in [9.17, 15) is 0 Å². The lowest BCUT2D eigenvalue weighted by Crippen LogP contribution is -2.31. The van der Waals surface area contributed by atoms with E-state index in [1.54, 1.807) is 0 Å². The van der Waals surface area contributed by atoms with Crippen LogP contribution in [-0.4, -0.2) is 25.0 Å². The molecule has 2 N–H and O–H groups in total. The average molecular weight is 268 g/mol. The first-order valence-corrected chi connectivity index (χ1v) is 7.57. The van der Waals surface area contributed by atoms with Crippen molar-refractivity contribution >= 4 is 10.8 Å². The van der Waals surface area contributed by atoms with Crippen molar-refractivity contribution in [3.8, 4) is 0 Å². The van der Waals surface area contributed by atoms with Gasteiger partial charge in [0.25, 0.3) is 0 Å². The number of benzene rings is 2. The fourth-order valence-corrected chi connectivity index (χ4v) is 3.14. The van der Waals surface area contributed by atoms with E-state index in [-0.39, 0.29) is 6.04 Å². The van der Waals surface area contributed by atoms with Crippen LogP contribution in [0.4, 0.5) is 0 Å². The van der Waals surface area contributed by atoms with Gasteiger partial charge in [-0.3, -0.25) is 0 Å². The number of likely N-dealkylation sites (N-methyl/N-ethyl adjacent to an activating group) is 1. The Labute approximate surface area is 121 Å². The zero-order valence-electron chi connectivity index (χ0n) is 12.4. The van der Waals surface area contributed by atoms with Gasteiger partial charge in [0.2, 0.25) is 0 Å². The summed E-state index contributed by atoms with van der Waals surface area (Å²) >= 11 is 0. The van der Waals surface area contributed by atoms with Crippen LogP contribution >= 0.6 is 0 Å². The van der Waals surface area contributed by atoms with Crippen molar-refractivity contribution < 1.29 is 0 Å². The van der Waals surface area contributed by atoms with Gasteiger partial charge in [0.1, 0.15) is 0 Å². The Balaban J connectivity index is 1.73. The summed E-state index contributed by atoms with van der Waals surface area (Å²) in [5.74, 6) is 1.80. The van der Waals surface area contributed by atoms with Crippen molar-refractivity contribution in [2.45, 2.75) is 19.4 Å². The second kappa shape index (κ2) is 5.55. The van der Waals surface area contributed by atoms with E-state index < -0.39 is 0 Å². The molecule has 3 atom stereocenters. The van der Waals surface area contributed by atoms with Gasteiger partial charge in [0.05, 0.1) is 0 Å². The first-order valence-electron chi connectivity index (χ1n) is 7.57. The lowest BCUT2D eigenvalue weighted by Gasteiger charge is -2.22. The van der Waals surface area contributed by atoms with Gasteiger partial charge in [-0.1, -0.05) is 49.4 Å². The third kappa shape index (κ3) is 2.87. The smallest absolute Gasteiger partial charge is 0.0430 e. The molecule has 0 spiro atoms. The maximum Gasteiger partial charge on any atom is 0.0430 e. The average Bonchev–Trinajstić information content (AvgIpc) is 3.13. The van der Waals surface area contributed by atoms with Gasteiger partial charge in [0, 0.05) is 19.1 Å². The largest absolute Gasteiger partial charge is 0.323 e. The molecule has 2 heteroatoms. The molecule has 0 aromatic heterocycles. The summed E-state index contributed by atoms with van der Waals surface area (Å²) in [7, 11) is 2.19. The lowest BCUT2D eigenvalue weighted by molar-refractivity contribution is 0.296. The van der Waals surface area contributed by atoms with Crippen LogP contribution in [0.3, 0.4) is 0 Å². The van der Waals surface area contributed by atoms with Crippen LogP contribution in [-0.2, 0) is 0 Å². The van der Waals surface area contributed by atoms with Crippen LogP contribution in [0, 0.1) is 11.8 Å². The zero-order valence-corrected chi connectivity index (χ0v) is 12.4. The number of rotatable bonds is 5. The molecular weight excluding hydrogens is 244 g/mol. The van der Waals surface area contributed by atoms with Gasteiger partial charge < -0.3 is 10.6 Å². The van der Waals surface area contributed by atoms with Gasteiger partial charge in [0.15, 0.2) is 0 Å². The molecule has 2 aromatic rings. The normalized spacial score (nSPS) is 23.2. The summed E-state index contributed by atoms with van der Waals surface area (Å²) in [4.78, 5) is 2.39. The Hall–Kier alpha value is -1.38. The highest BCUT2D eigenvalue weighted by Crippen LogP contribution is 2.38. The van der Waals surface area contributed by atoms with Crippen LogP contribution in [0.2, 0.25) is 0 Å². The second-order valence-corrected chi connectivity index (χ2v) is 6.37. The molecule has 1 aliphatic carbocycles. The summed E-state index contributed by atoms with van der Waals surface area (Å²) in [6, 6.07) is 15.0. The predicted octanol–water partition coefficient (Wildman–Crippen LogP) is 3.43. The molecule has 3 rings (SSSR count). The molecule has 2 aromatic carbocycles. The minimum Gasteiger partial charge on any atom is -0.323 e. The van der Waals surface area contributed by atoms with Gasteiger partial charge in [-0.2, -0.15) is 0 Å². The topological polar surface area (TPSA) is 29.3 Å². The summed E-state index contributed by atoms with van der Waals surface area (Å²) in [5.41, 5.74) is 7.71. The third-order valence-corrected chi connectivity index (χ3v) is 4.55. The Morgan fingerprint density at radius 3 is 2.65 bits per heavy atom. The van der Waals surface area contributed by atoms with Gasteiger partial charge in [-0.25, -0.2) is 0 Å². The molecule has 0 amide bonds. The minimum absolute atomic E-state index is 0.0835. The first kappa shape index (κ1) is 13.6. The first-order chi connectivity index (χ1) is 9.65. The van der Waals surface area contributed by atoms with Crippen molar-refractivity contribution in [3.05, 3.63) is 48.0 Å². The van der Waals surface area contributed by atoms with Gasteiger partial charge >= 0.3 is 0 Å². The highest BCUT2D eigenvalue weighted by Gasteiger charge is 2.33. The summed E-state index contributed by atoms with van der Waals surface area (Å²) in [5, 5.41) is 2.56. The molecule has 0 bridgehead atoms. The highest BCUT2D eigenvalue weighted by atomic mass is 15.1. The van der Waals surface area contributed by atoms with Crippen LogP contribution in [0.5, 0.6) is 0 Å². The van der Waals surface area contributed by atoms with Crippen LogP contribution < -0.4 is 5.73 Å². The number of hydrogen-bond donors (Lipinski definition) is 1. The van der Waals surface area contributed by atoms with Crippen molar-refractivity contribution in [3.63, 3.8) is 0 Å². The summed E-state index contributed by atoms with van der Waals surface area (Å²) < 4.78 is 0. The SMILES string of the molecule is CC1CC1CN(C)CC(N)c1cccc2ccccc12. The molecule has 20 heavy (non-hydrogen) atoms. The van der Waals surface area contributed by atoms with Crippen molar-refractivity contribution in [2.24, 2.45) is 17.6 Å². The number of nitrogens with zero attached hydrogens (tertiary/aromatic N) is 1. The number of nitrogens with two attached hydrogens (primary N) is 1. The van der Waals surface area contributed by atoms with Gasteiger partial charge in [-0.05, 0) is 41.6 Å². The maximum atomic E-state index is 6.45. The quantitative estimate of drug-likeness (QED) is 0.900. The predicted molar refractivity (Wildman–Crippen MR) is 85.6 cm³/mol. The van der Waals surface area contributed by atoms with Crippen molar-refractivity contribution in [1.29, 1.82) is 0 Å². The van der Waals surface area contributed by atoms with E-state index in [1.165, 1.54) is 29.3 Å². The monoisotopic (exact) mass is 268 g/mol. The highest BCUT2D eigenvalue weighted by molar-refractivity contribution is 5.86. The van der Waals surface area contributed by atoms with Crippen molar-refractivity contribution in [2.75, 3.05) is 20.1 Å². The zero-order chi connectivity index (χ0) is 14.1. The molecule has 2 nitrogen and oxygen atoms in total. The number of fused-ring (bicyclic) bond motifs is 1. The number of hydrogen-bond acceptors (Lipinski definition) is 2. The minimum atomic E-state index is 0.0835. The lowest BCUT2D eigenvalue weighted by atomic mass is 9.99. The van der Waals surface area contributed by atoms with Crippen LogP contribution in [0.15, 0.2) is 42.5 Å². The fourth-order valence-electron chi connectivity index (χ4n) is 3.14. The van der Waals surface area contributed by atoms with E-state index in [1.807, 2.05) is 0 Å². The fraction of sp³-hybridized carbons (Fsp3) is 0.444. The molecule has 1 fully saturated rings. The maximum absolute atomic E-state index is 6.45.